The molecular formula is C42H79N5O10. The molecule has 0 aliphatic carbocycles. The SMILES string of the molecule is C=C(C)C(=O)OCCN(C)C.C=C(C)C(=O)OCCN(C)CC.C=CC(=O)OCCN(C)C.C=CC(=O)OCCN(C)CC.C=CC(=O)OCCN(C)CCCC. The summed E-state index contributed by atoms with van der Waals surface area (Å²) in [4.78, 5) is 63.4. The lowest BCUT2D eigenvalue weighted by atomic mass is 10.3. The summed E-state index contributed by atoms with van der Waals surface area (Å²) in [5.41, 5.74) is 0.901. The molecule has 0 aromatic heterocycles. The summed E-state index contributed by atoms with van der Waals surface area (Å²) in [6.07, 6.45) is 5.90. The van der Waals surface area contributed by atoms with Crippen LogP contribution >= 0.6 is 0 Å². The molecular weight excluding hydrogens is 734 g/mol. The third kappa shape index (κ3) is 56.3. The highest BCUT2D eigenvalue weighted by Gasteiger charge is 2.04. The van der Waals surface area contributed by atoms with Crippen LogP contribution in [0.3, 0.4) is 0 Å². The molecule has 0 aliphatic rings. The molecule has 0 radical (unpaired) electrons. The van der Waals surface area contributed by atoms with E-state index in [4.69, 9.17) is 23.7 Å². The van der Waals surface area contributed by atoms with E-state index in [1.165, 1.54) is 25.0 Å². The Kier molecular flexibility index (Phi) is 48.5. The monoisotopic (exact) mass is 814 g/mol. The van der Waals surface area contributed by atoms with Gasteiger partial charge in [0.15, 0.2) is 0 Å². The summed E-state index contributed by atoms with van der Waals surface area (Å²) >= 11 is 0. The maximum Gasteiger partial charge on any atom is 0.333 e. The molecule has 15 heteroatoms. The fourth-order valence-electron chi connectivity index (χ4n) is 2.83. The van der Waals surface area contributed by atoms with E-state index < -0.39 is 0 Å². The van der Waals surface area contributed by atoms with Gasteiger partial charge in [0.2, 0.25) is 0 Å². The van der Waals surface area contributed by atoms with Gasteiger partial charge in [-0.15, -0.1) is 0 Å². The maximum absolute atomic E-state index is 10.9. The number of rotatable bonds is 25. The molecule has 0 aromatic carbocycles. The summed E-state index contributed by atoms with van der Waals surface area (Å²) in [7, 11) is 13.7. The van der Waals surface area contributed by atoms with Crippen molar-refractivity contribution in [2.75, 3.05) is 135 Å². The van der Waals surface area contributed by atoms with Gasteiger partial charge in [0.25, 0.3) is 0 Å². The fraction of sp³-hybridized carbons (Fsp3) is 0.643. The van der Waals surface area contributed by atoms with Crippen LogP contribution in [0.4, 0.5) is 0 Å². The Bertz CT molecular complexity index is 1130. The molecule has 0 heterocycles. The zero-order chi connectivity index (χ0) is 45.2. The lowest BCUT2D eigenvalue weighted by Gasteiger charge is -2.15. The van der Waals surface area contributed by atoms with Crippen molar-refractivity contribution in [2.45, 2.75) is 47.5 Å². The van der Waals surface area contributed by atoms with E-state index in [2.05, 4.69) is 68.4 Å². The number of esters is 5. The summed E-state index contributed by atoms with van der Waals surface area (Å²) in [6, 6.07) is 0. The number of carbonyl (C=O) groups is 5. The second-order valence-electron chi connectivity index (χ2n) is 13.0. The van der Waals surface area contributed by atoms with E-state index in [9.17, 15) is 24.0 Å². The van der Waals surface area contributed by atoms with Gasteiger partial charge in [0.1, 0.15) is 33.0 Å². The van der Waals surface area contributed by atoms with E-state index >= 15 is 0 Å². The summed E-state index contributed by atoms with van der Waals surface area (Å²) < 4.78 is 24.0. The molecule has 0 atom stereocenters. The minimum atomic E-state index is -0.359. The predicted molar refractivity (Wildman–Crippen MR) is 231 cm³/mol. The van der Waals surface area contributed by atoms with Gasteiger partial charge in [-0.05, 0) is 89.2 Å². The highest BCUT2D eigenvalue weighted by molar-refractivity contribution is 5.87. The first-order valence-electron chi connectivity index (χ1n) is 19.1. The van der Waals surface area contributed by atoms with E-state index in [1.54, 1.807) is 13.8 Å². The summed E-state index contributed by atoms with van der Waals surface area (Å²) in [5.74, 6) is -1.67. The van der Waals surface area contributed by atoms with Gasteiger partial charge in [-0.2, -0.15) is 0 Å². The smallest absolute Gasteiger partial charge is 0.333 e. The number of carbonyl (C=O) groups excluding carboxylic acids is 5. The van der Waals surface area contributed by atoms with Gasteiger partial charge >= 0.3 is 29.8 Å². The fourth-order valence-corrected chi connectivity index (χ4v) is 2.83. The van der Waals surface area contributed by atoms with E-state index in [-0.39, 0.29) is 29.8 Å². The van der Waals surface area contributed by atoms with Gasteiger partial charge in [0.05, 0.1) is 0 Å². The number of unbranched alkanes of at least 4 members (excludes halogenated alkanes) is 1. The average Bonchev–Trinajstić information content (AvgIpc) is 3.16. The Morgan fingerprint density at radius 1 is 0.456 bits per heavy atom. The highest BCUT2D eigenvalue weighted by Crippen LogP contribution is 1.94. The zero-order valence-corrected chi connectivity index (χ0v) is 37.7. The van der Waals surface area contributed by atoms with Crippen molar-refractivity contribution in [1.29, 1.82) is 0 Å². The van der Waals surface area contributed by atoms with Crippen molar-refractivity contribution < 1.29 is 47.7 Å². The van der Waals surface area contributed by atoms with E-state index in [1.807, 2.05) is 59.1 Å². The predicted octanol–water partition coefficient (Wildman–Crippen LogP) is 4.12. The largest absolute Gasteiger partial charge is 0.461 e. The topological polar surface area (TPSA) is 148 Å². The van der Waals surface area contributed by atoms with E-state index in [0.717, 1.165) is 58.4 Å². The number of hydrogen-bond acceptors (Lipinski definition) is 15. The van der Waals surface area contributed by atoms with Gasteiger partial charge in [-0.3, -0.25) is 0 Å². The molecule has 0 aromatic rings. The molecule has 0 spiro atoms. The van der Waals surface area contributed by atoms with Crippen LogP contribution < -0.4 is 0 Å². The van der Waals surface area contributed by atoms with Gasteiger partial charge in [-0.1, -0.05) is 60.1 Å². The number of ether oxygens (including phenoxy) is 5. The molecule has 0 rings (SSSR count). The molecule has 0 fully saturated rings. The molecule has 0 unspecified atom stereocenters. The second kappa shape index (κ2) is 44.6. The third-order valence-electron chi connectivity index (χ3n) is 6.87. The third-order valence-corrected chi connectivity index (χ3v) is 6.87. The first-order chi connectivity index (χ1) is 26.7. The van der Waals surface area contributed by atoms with Crippen LogP contribution in [-0.2, 0) is 47.7 Å². The molecule has 0 bridgehead atoms. The Morgan fingerprint density at radius 2 is 0.737 bits per heavy atom. The van der Waals surface area contributed by atoms with Gasteiger partial charge < -0.3 is 48.2 Å². The number of likely N-dealkylation sites (N-methyl/N-ethyl adjacent to an activating group) is 5. The number of hydrogen-bond donors (Lipinski definition) is 0. The van der Waals surface area contributed by atoms with Crippen molar-refractivity contribution in [1.82, 2.24) is 24.5 Å². The lowest BCUT2D eigenvalue weighted by Crippen LogP contribution is -2.25. The minimum absolute atomic E-state index is 0.306. The van der Waals surface area contributed by atoms with E-state index in [0.29, 0.717) is 44.2 Å². The van der Waals surface area contributed by atoms with Crippen molar-refractivity contribution in [2.24, 2.45) is 0 Å². The normalized spacial score (nSPS) is 9.84. The molecule has 0 N–H and O–H groups in total. The van der Waals surface area contributed by atoms with Gasteiger partial charge in [-0.25, -0.2) is 24.0 Å². The van der Waals surface area contributed by atoms with Crippen LogP contribution in [0.15, 0.2) is 62.3 Å². The Hall–Kier alpha value is -4.15. The minimum Gasteiger partial charge on any atom is -0.461 e. The van der Waals surface area contributed by atoms with Crippen LogP contribution in [-0.4, -0.2) is 189 Å². The zero-order valence-electron chi connectivity index (χ0n) is 37.7. The molecule has 15 nitrogen and oxygen atoms in total. The molecule has 332 valence electrons. The summed E-state index contributed by atoms with van der Waals surface area (Å²) in [5, 5.41) is 0. The van der Waals surface area contributed by atoms with Crippen molar-refractivity contribution in [3.05, 3.63) is 62.3 Å². The lowest BCUT2D eigenvalue weighted by molar-refractivity contribution is -0.140. The maximum atomic E-state index is 10.9. The standard InChI is InChI=1S/C10H19NO2.C9H17NO2.2C8H15NO2.C7H13NO2/c1-4-6-7-11(3)8-9-13-10(12)5-2;1-5-10(4)6-7-12-9(11)8(2)3;1-7(2)8(10)11-6-5-9(3)4;1-4-8(10)11-7-6-9(3)5-2;1-4-7(9)10-6-5-8(2)3/h5H,2,4,6-9H2,1,3H3;2,5-7H2,1,3-4H3;1,5-6H2,2-4H3;4H,1,5-7H2,2-3H3;4H,1,5-6H2,2-3H3. The first-order valence-corrected chi connectivity index (χ1v) is 19.1. The Balaban J connectivity index is -0.000000198. The molecule has 0 saturated carbocycles. The van der Waals surface area contributed by atoms with Gasteiger partial charge in [0, 0.05) is 62.1 Å². The Morgan fingerprint density at radius 3 is 1.00 bits per heavy atom. The van der Waals surface area contributed by atoms with Crippen LogP contribution in [0.1, 0.15) is 47.5 Å². The highest BCUT2D eigenvalue weighted by atomic mass is 16.5. The molecule has 0 amide bonds. The average molecular weight is 814 g/mol. The Labute approximate surface area is 345 Å². The van der Waals surface area contributed by atoms with Crippen LogP contribution in [0.2, 0.25) is 0 Å². The van der Waals surface area contributed by atoms with Crippen molar-refractivity contribution in [3.63, 3.8) is 0 Å². The molecule has 0 saturated heterocycles. The molecule has 0 aliphatic heterocycles. The van der Waals surface area contributed by atoms with Crippen LogP contribution in [0, 0.1) is 0 Å². The van der Waals surface area contributed by atoms with Crippen molar-refractivity contribution >= 4 is 29.8 Å². The number of nitrogens with zero attached hydrogens (tertiary/aromatic N) is 5. The van der Waals surface area contributed by atoms with Crippen molar-refractivity contribution in [3.8, 4) is 0 Å². The van der Waals surface area contributed by atoms with Crippen LogP contribution in [0.25, 0.3) is 0 Å². The molecule has 57 heavy (non-hydrogen) atoms. The van der Waals surface area contributed by atoms with Crippen LogP contribution in [0.5, 0.6) is 0 Å². The quantitative estimate of drug-likeness (QED) is 0.0739. The first kappa shape index (κ1) is 62.1. The summed E-state index contributed by atoms with van der Waals surface area (Å²) in [6.45, 7) is 35.4. The second-order valence-corrected chi connectivity index (χ2v) is 13.0.